The van der Waals surface area contributed by atoms with E-state index in [2.05, 4.69) is 46.6 Å². The number of rotatable bonds is 9. The Hall–Kier alpha value is -0.910. The maximum absolute atomic E-state index is 5.53. The van der Waals surface area contributed by atoms with Crippen LogP contribution in [0.25, 0.3) is 0 Å². The second-order valence-electron chi connectivity index (χ2n) is 4.92. The van der Waals surface area contributed by atoms with Crippen LogP contribution in [0.3, 0.4) is 0 Å². The summed E-state index contributed by atoms with van der Waals surface area (Å²) in [5.41, 5.74) is 6.66. The van der Waals surface area contributed by atoms with Gasteiger partial charge in [0.05, 0.1) is 12.0 Å². The molecular weight excluding hydrogens is 226 g/mol. The van der Waals surface area contributed by atoms with E-state index in [1.165, 1.54) is 6.42 Å². The number of nitrogens with zero attached hydrogens (tertiary/aromatic N) is 4. The fourth-order valence-corrected chi connectivity index (χ4v) is 1.95. The minimum absolute atomic E-state index is 0.663. The van der Waals surface area contributed by atoms with Crippen LogP contribution >= 0.6 is 0 Å². The summed E-state index contributed by atoms with van der Waals surface area (Å²) in [4.78, 5) is 9.08. The fourth-order valence-electron chi connectivity index (χ4n) is 1.95. The van der Waals surface area contributed by atoms with E-state index in [0.29, 0.717) is 6.54 Å². The van der Waals surface area contributed by atoms with Gasteiger partial charge in [-0.05, 0) is 40.2 Å². The first-order valence-corrected chi connectivity index (χ1v) is 6.73. The van der Waals surface area contributed by atoms with Gasteiger partial charge in [-0.15, -0.1) is 0 Å². The summed E-state index contributed by atoms with van der Waals surface area (Å²) in [6, 6.07) is 0. The van der Waals surface area contributed by atoms with E-state index in [0.717, 1.165) is 38.4 Å². The van der Waals surface area contributed by atoms with Gasteiger partial charge in [-0.1, -0.05) is 6.92 Å². The standard InChI is InChI=1S/C13H27N5/c1-4-17(8-5-7-16(2)3)10-13-11-18(9-6-14)12-15-13/h11-12H,4-10,14H2,1-3H3. The lowest BCUT2D eigenvalue weighted by atomic mass is 10.3. The molecule has 0 aliphatic heterocycles. The van der Waals surface area contributed by atoms with Crippen LogP contribution in [-0.2, 0) is 13.1 Å². The van der Waals surface area contributed by atoms with E-state index in [1.807, 2.05) is 6.33 Å². The van der Waals surface area contributed by atoms with E-state index in [9.17, 15) is 0 Å². The molecule has 0 saturated heterocycles. The van der Waals surface area contributed by atoms with E-state index in [-0.39, 0.29) is 0 Å². The lowest BCUT2D eigenvalue weighted by Crippen LogP contribution is -2.27. The van der Waals surface area contributed by atoms with Crippen molar-refractivity contribution < 1.29 is 0 Å². The molecule has 1 aromatic heterocycles. The summed E-state index contributed by atoms with van der Waals surface area (Å²) in [5, 5.41) is 0. The van der Waals surface area contributed by atoms with Crippen LogP contribution in [0.1, 0.15) is 19.0 Å². The van der Waals surface area contributed by atoms with E-state index >= 15 is 0 Å². The Labute approximate surface area is 111 Å². The van der Waals surface area contributed by atoms with Gasteiger partial charge in [0.2, 0.25) is 0 Å². The Kier molecular flexibility index (Phi) is 6.93. The van der Waals surface area contributed by atoms with Gasteiger partial charge in [-0.2, -0.15) is 0 Å². The summed E-state index contributed by atoms with van der Waals surface area (Å²) in [7, 11) is 4.23. The van der Waals surface area contributed by atoms with Crippen LogP contribution in [0, 0.1) is 0 Å². The number of hydrogen-bond acceptors (Lipinski definition) is 4. The lowest BCUT2D eigenvalue weighted by Gasteiger charge is -2.20. The van der Waals surface area contributed by atoms with Crippen molar-refractivity contribution in [3.8, 4) is 0 Å². The van der Waals surface area contributed by atoms with Gasteiger partial charge in [-0.3, -0.25) is 4.90 Å². The summed E-state index contributed by atoms with van der Waals surface area (Å²) in [6.45, 7) is 7.97. The molecule has 0 amide bonds. The highest BCUT2D eigenvalue weighted by Crippen LogP contribution is 2.03. The molecule has 1 heterocycles. The SMILES string of the molecule is CCN(CCCN(C)C)Cc1cn(CCN)cn1. The maximum atomic E-state index is 5.53. The third-order valence-corrected chi connectivity index (χ3v) is 2.99. The van der Waals surface area contributed by atoms with Crippen molar-refractivity contribution in [2.24, 2.45) is 5.73 Å². The molecule has 0 saturated carbocycles. The lowest BCUT2D eigenvalue weighted by molar-refractivity contribution is 0.257. The van der Waals surface area contributed by atoms with Crippen molar-refractivity contribution in [3.63, 3.8) is 0 Å². The molecule has 0 unspecified atom stereocenters. The molecular formula is C13H27N5. The van der Waals surface area contributed by atoms with E-state index in [4.69, 9.17) is 5.73 Å². The quantitative estimate of drug-likeness (QED) is 0.701. The summed E-state index contributed by atoms with van der Waals surface area (Å²) in [5.74, 6) is 0. The normalized spacial score (nSPS) is 11.7. The first kappa shape index (κ1) is 15.1. The molecule has 18 heavy (non-hydrogen) atoms. The second kappa shape index (κ2) is 8.24. The molecule has 1 aromatic rings. The first-order valence-electron chi connectivity index (χ1n) is 6.73. The smallest absolute Gasteiger partial charge is 0.0950 e. The predicted octanol–water partition coefficient (Wildman–Crippen LogP) is 0.615. The zero-order valence-corrected chi connectivity index (χ0v) is 12.0. The topological polar surface area (TPSA) is 50.3 Å². The van der Waals surface area contributed by atoms with Crippen molar-refractivity contribution in [1.29, 1.82) is 0 Å². The van der Waals surface area contributed by atoms with Crippen molar-refractivity contribution in [2.75, 3.05) is 40.3 Å². The molecule has 0 aliphatic carbocycles. The van der Waals surface area contributed by atoms with Crippen LogP contribution in [0.4, 0.5) is 0 Å². The van der Waals surface area contributed by atoms with Crippen LogP contribution in [0.15, 0.2) is 12.5 Å². The number of imidazole rings is 1. The fraction of sp³-hybridized carbons (Fsp3) is 0.769. The molecule has 0 radical (unpaired) electrons. The van der Waals surface area contributed by atoms with Gasteiger partial charge in [0.15, 0.2) is 0 Å². The molecule has 0 fully saturated rings. The number of nitrogens with two attached hydrogens (primary N) is 1. The molecule has 0 spiro atoms. The largest absolute Gasteiger partial charge is 0.336 e. The Morgan fingerprint density at radius 3 is 2.72 bits per heavy atom. The third kappa shape index (κ3) is 5.62. The van der Waals surface area contributed by atoms with Crippen LogP contribution in [-0.4, -0.2) is 59.6 Å². The van der Waals surface area contributed by atoms with Gasteiger partial charge in [0.25, 0.3) is 0 Å². The van der Waals surface area contributed by atoms with Gasteiger partial charge in [-0.25, -0.2) is 4.98 Å². The Balaban J connectivity index is 2.36. The minimum Gasteiger partial charge on any atom is -0.336 e. The Morgan fingerprint density at radius 2 is 2.11 bits per heavy atom. The van der Waals surface area contributed by atoms with Crippen LogP contribution < -0.4 is 5.73 Å². The van der Waals surface area contributed by atoms with Gasteiger partial charge in [0, 0.05) is 25.8 Å². The van der Waals surface area contributed by atoms with Gasteiger partial charge in [0.1, 0.15) is 0 Å². The van der Waals surface area contributed by atoms with Crippen molar-refractivity contribution in [3.05, 3.63) is 18.2 Å². The average Bonchev–Trinajstić information content (AvgIpc) is 2.75. The van der Waals surface area contributed by atoms with E-state index < -0.39 is 0 Å². The molecule has 0 aliphatic rings. The molecule has 1 rings (SSSR count). The molecule has 104 valence electrons. The average molecular weight is 253 g/mol. The number of hydrogen-bond donors (Lipinski definition) is 1. The predicted molar refractivity (Wildman–Crippen MR) is 75.4 cm³/mol. The maximum Gasteiger partial charge on any atom is 0.0950 e. The first-order chi connectivity index (χ1) is 8.65. The molecule has 2 N–H and O–H groups in total. The third-order valence-electron chi connectivity index (χ3n) is 2.99. The van der Waals surface area contributed by atoms with Crippen LogP contribution in [0.5, 0.6) is 0 Å². The Morgan fingerprint density at radius 1 is 1.33 bits per heavy atom. The highest BCUT2D eigenvalue weighted by molar-refractivity contribution is 4.96. The molecule has 0 bridgehead atoms. The van der Waals surface area contributed by atoms with Crippen molar-refractivity contribution >= 4 is 0 Å². The zero-order valence-electron chi connectivity index (χ0n) is 12.0. The second-order valence-corrected chi connectivity index (χ2v) is 4.92. The summed E-state index contributed by atoms with van der Waals surface area (Å²) < 4.78 is 2.06. The molecule has 5 heteroatoms. The highest BCUT2D eigenvalue weighted by atomic mass is 15.1. The molecule has 5 nitrogen and oxygen atoms in total. The monoisotopic (exact) mass is 253 g/mol. The van der Waals surface area contributed by atoms with Crippen LogP contribution in [0.2, 0.25) is 0 Å². The Bertz CT molecular complexity index is 321. The number of aromatic nitrogens is 2. The van der Waals surface area contributed by atoms with Gasteiger partial charge < -0.3 is 15.2 Å². The highest BCUT2D eigenvalue weighted by Gasteiger charge is 2.06. The minimum atomic E-state index is 0.663. The molecule has 0 atom stereocenters. The zero-order chi connectivity index (χ0) is 13.4. The van der Waals surface area contributed by atoms with Crippen molar-refractivity contribution in [1.82, 2.24) is 19.4 Å². The van der Waals surface area contributed by atoms with E-state index in [1.54, 1.807) is 0 Å². The van der Waals surface area contributed by atoms with Crippen molar-refractivity contribution in [2.45, 2.75) is 26.4 Å². The summed E-state index contributed by atoms with van der Waals surface area (Å²) in [6.07, 6.45) is 5.17. The summed E-state index contributed by atoms with van der Waals surface area (Å²) >= 11 is 0. The molecule has 0 aromatic carbocycles. The van der Waals surface area contributed by atoms with Gasteiger partial charge >= 0.3 is 0 Å².